The number of rotatable bonds is 4. The van der Waals surface area contributed by atoms with Gasteiger partial charge in [0.25, 0.3) is 5.91 Å². The summed E-state index contributed by atoms with van der Waals surface area (Å²) in [4.78, 5) is 27.3. The number of hydrogen-bond acceptors (Lipinski definition) is 3. The highest BCUT2D eigenvalue weighted by atomic mass is 35.5. The van der Waals surface area contributed by atoms with Crippen molar-refractivity contribution in [3.63, 3.8) is 0 Å². The second-order valence-corrected chi connectivity index (χ2v) is 5.27. The maximum absolute atomic E-state index is 12.2. The molecule has 0 aromatic heterocycles. The number of hydrogen-bond donors (Lipinski definition) is 1. The Morgan fingerprint density at radius 3 is 2.59 bits per heavy atom. The van der Waals surface area contributed by atoms with Crippen molar-refractivity contribution in [1.29, 1.82) is 0 Å². The third kappa shape index (κ3) is 2.40. The minimum atomic E-state index is -0.784. The number of alkyl halides is 1. The zero-order valence-corrected chi connectivity index (χ0v) is 10.8. The molecular formula is C11H18ClN3O2. The van der Waals surface area contributed by atoms with Crippen molar-refractivity contribution in [3.05, 3.63) is 0 Å². The van der Waals surface area contributed by atoms with E-state index in [2.05, 4.69) is 10.2 Å². The zero-order valence-electron chi connectivity index (χ0n) is 10.0. The van der Waals surface area contributed by atoms with Crippen LogP contribution in [0.3, 0.4) is 0 Å². The third-order valence-electron chi connectivity index (χ3n) is 3.39. The van der Waals surface area contributed by atoms with Crippen LogP contribution in [0.2, 0.25) is 0 Å². The molecule has 2 aliphatic rings. The monoisotopic (exact) mass is 259 g/mol. The smallest absolute Gasteiger partial charge is 0.322 e. The lowest BCUT2D eigenvalue weighted by Gasteiger charge is -2.27. The number of carbonyl (C=O) groups is 2. The Morgan fingerprint density at radius 1 is 1.35 bits per heavy atom. The van der Waals surface area contributed by atoms with Crippen molar-refractivity contribution < 1.29 is 9.59 Å². The van der Waals surface area contributed by atoms with Gasteiger partial charge < -0.3 is 10.2 Å². The first-order valence-corrected chi connectivity index (χ1v) is 6.53. The van der Waals surface area contributed by atoms with E-state index in [0.717, 1.165) is 13.1 Å². The minimum absolute atomic E-state index is 0.157. The van der Waals surface area contributed by atoms with Crippen molar-refractivity contribution in [2.75, 3.05) is 32.1 Å². The Morgan fingerprint density at radius 2 is 2.00 bits per heavy atom. The molecule has 2 heterocycles. The summed E-state index contributed by atoms with van der Waals surface area (Å²) in [5.74, 6) is 0.119. The molecule has 6 heteroatoms. The molecule has 0 bridgehead atoms. The van der Waals surface area contributed by atoms with Gasteiger partial charge in [0.2, 0.25) is 0 Å². The van der Waals surface area contributed by atoms with Crippen LogP contribution in [0.5, 0.6) is 0 Å². The standard InChI is InChI=1S/C11H18ClN3O2/c1-11(8-14-5-2-3-6-14)9(16)15(7-4-12)10(17)13-11/h2-8H2,1H3,(H,13,17). The van der Waals surface area contributed by atoms with Gasteiger partial charge in [0, 0.05) is 19.0 Å². The number of carbonyl (C=O) groups excluding carboxylic acids is 2. The van der Waals surface area contributed by atoms with Crippen molar-refractivity contribution >= 4 is 23.5 Å². The molecule has 96 valence electrons. The van der Waals surface area contributed by atoms with E-state index in [4.69, 9.17) is 11.6 Å². The summed E-state index contributed by atoms with van der Waals surface area (Å²) in [5, 5.41) is 2.78. The van der Waals surface area contributed by atoms with Crippen molar-refractivity contribution in [2.45, 2.75) is 25.3 Å². The van der Waals surface area contributed by atoms with Crippen LogP contribution < -0.4 is 5.32 Å². The fraction of sp³-hybridized carbons (Fsp3) is 0.818. The number of amides is 3. The fourth-order valence-electron chi connectivity index (χ4n) is 2.53. The van der Waals surface area contributed by atoms with Crippen LogP contribution in [0, 0.1) is 0 Å². The van der Waals surface area contributed by atoms with E-state index in [0.29, 0.717) is 6.54 Å². The molecule has 2 saturated heterocycles. The van der Waals surface area contributed by atoms with E-state index < -0.39 is 5.54 Å². The van der Waals surface area contributed by atoms with Crippen LogP contribution in [0.25, 0.3) is 0 Å². The first-order chi connectivity index (χ1) is 8.07. The lowest BCUT2D eigenvalue weighted by atomic mass is 10.0. The van der Waals surface area contributed by atoms with Gasteiger partial charge in [0.1, 0.15) is 5.54 Å². The SMILES string of the molecule is CC1(CN2CCCC2)NC(=O)N(CCCl)C1=O. The summed E-state index contributed by atoms with van der Waals surface area (Å²) in [6.45, 7) is 4.68. The Bertz CT molecular complexity index is 331. The van der Waals surface area contributed by atoms with E-state index in [9.17, 15) is 9.59 Å². The summed E-state index contributed by atoms with van der Waals surface area (Å²) in [7, 11) is 0. The quantitative estimate of drug-likeness (QED) is 0.595. The van der Waals surface area contributed by atoms with Crippen LogP contribution in [0.1, 0.15) is 19.8 Å². The summed E-state index contributed by atoms with van der Waals surface area (Å²) < 4.78 is 0. The lowest BCUT2D eigenvalue weighted by molar-refractivity contribution is -0.131. The van der Waals surface area contributed by atoms with Crippen molar-refractivity contribution in [2.24, 2.45) is 0 Å². The Kier molecular flexibility index (Phi) is 3.58. The van der Waals surface area contributed by atoms with Gasteiger partial charge in [0.05, 0.1) is 0 Å². The molecule has 0 radical (unpaired) electrons. The molecule has 17 heavy (non-hydrogen) atoms. The first-order valence-electron chi connectivity index (χ1n) is 5.99. The van der Waals surface area contributed by atoms with Gasteiger partial charge >= 0.3 is 6.03 Å². The molecule has 1 atom stereocenters. The summed E-state index contributed by atoms with van der Waals surface area (Å²) >= 11 is 5.59. The molecular weight excluding hydrogens is 242 g/mol. The van der Waals surface area contributed by atoms with E-state index in [-0.39, 0.29) is 24.4 Å². The highest BCUT2D eigenvalue weighted by Crippen LogP contribution is 2.21. The van der Waals surface area contributed by atoms with Crippen LogP contribution in [-0.4, -0.2) is 59.3 Å². The van der Waals surface area contributed by atoms with Gasteiger partial charge in [-0.15, -0.1) is 11.6 Å². The topological polar surface area (TPSA) is 52.7 Å². The zero-order chi connectivity index (χ0) is 12.5. The van der Waals surface area contributed by atoms with Gasteiger partial charge in [-0.25, -0.2) is 4.79 Å². The van der Waals surface area contributed by atoms with Gasteiger partial charge in [-0.05, 0) is 32.9 Å². The largest absolute Gasteiger partial charge is 0.325 e. The van der Waals surface area contributed by atoms with Gasteiger partial charge in [-0.2, -0.15) is 0 Å². The van der Waals surface area contributed by atoms with Gasteiger partial charge in [-0.1, -0.05) is 0 Å². The number of urea groups is 1. The molecule has 2 fully saturated rings. The highest BCUT2D eigenvalue weighted by molar-refractivity contribution is 6.18. The number of imide groups is 1. The molecule has 0 aromatic rings. The van der Waals surface area contributed by atoms with Crippen LogP contribution in [-0.2, 0) is 4.79 Å². The maximum Gasteiger partial charge on any atom is 0.325 e. The molecule has 0 saturated carbocycles. The number of likely N-dealkylation sites (tertiary alicyclic amines) is 1. The Hall–Kier alpha value is -0.810. The van der Waals surface area contributed by atoms with Gasteiger partial charge in [-0.3, -0.25) is 9.69 Å². The average molecular weight is 260 g/mol. The van der Waals surface area contributed by atoms with Gasteiger partial charge in [0.15, 0.2) is 0 Å². The Balaban J connectivity index is 2.04. The van der Waals surface area contributed by atoms with Crippen LogP contribution in [0.15, 0.2) is 0 Å². The molecule has 1 N–H and O–H groups in total. The maximum atomic E-state index is 12.2. The first kappa shape index (κ1) is 12.6. The summed E-state index contributed by atoms with van der Waals surface area (Å²) in [5.41, 5.74) is -0.784. The molecule has 0 aliphatic carbocycles. The molecule has 0 spiro atoms. The highest BCUT2D eigenvalue weighted by Gasteiger charge is 2.48. The molecule has 5 nitrogen and oxygen atoms in total. The number of nitrogens with zero attached hydrogens (tertiary/aromatic N) is 2. The Labute approximate surface area is 106 Å². The van der Waals surface area contributed by atoms with E-state index in [1.165, 1.54) is 17.7 Å². The normalized spacial score (nSPS) is 30.1. The number of nitrogens with one attached hydrogen (secondary N) is 1. The minimum Gasteiger partial charge on any atom is -0.322 e. The van der Waals surface area contributed by atoms with Crippen LogP contribution in [0.4, 0.5) is 4.79 Å². The second kappa shape index (κ2) is 4.82. The molecule has 1 unspecified atom stereocenters. The fourth-order valence-corrected chi connectivity index (χ4v) is 2.70. The summed E-state index contributed by atoms with van der Waals surface area (Å²) in [6.07, 6.45) is 2.34. The third-order valence-corrected chi connectivity index (χ3v) is 3.56. The van der Waals surface area contributed by atoms with Crippen molar-refractivity contribution in [3.8, 4) is 0 Å². The van der Waals surface area contributed by atoms with E-state index >= 15 is 0 Å². The molecule has 2 rings (SSSR count). The number of halogens is 1. The van der Waals surface area contributed by atoms with Crippen molar-refractivity contribution in [1.82, 2.24) is 15.1 Å². The predicted octanol–water partition coefficient (Wildman–Crippen LogP) is 0.631. The van der Waals surface area contributed by atoms with E-state index in [1.54, 1.807) is 6.92 Å². The van der Waals surface area contributed by atoms with Crippen LogP contribution >= 0.6 is 11.6 Å². The van der Waals surface area contributed by atoms with E-state index in [1.807, 2.05) is 0 Å². The second-order valence-electron chi connectivity index (χ2n) is 4.89. The average Bonchev–Trinajstić information content (AvgIpc) is 2.82. The lowest BCUT2D eigenvalue weighted by Crippen LogP contribution is -2.52. The molecule has 3 amide bonds. The predicted molar refractivity (Wildman–Crippen MR) is 65.0 cm³/mol. The summed E-state index contributed by atoms with van der Waals surface area (Å²) in [6, 6.07) is -0.322. The molecule has 2 aliphatic heterocycles. The molecule has 0 aromatic carbocycles.